The number of likely N-dealkylation sites (tertiary alicyclic amines) is 1. The van der Waals surface area contributed by atoms with Crippen molar-refractivity contribution in [2.45, 2.75) is 31.8 Å². The van der Waals surface area contributed by atoms with Gasteiger partial charge in [0.05, 0.1) is 18.8 Å². The maximum atomic E-state index is 9.87. The van der Waals surface area contributed by atoms with Crippen LogP contribution in [0.4, 0.5) is 0 Å². The minimum Gasteiger partial charge on any atom is -0.396 e. The number of ether oxygens (including phenoxy) is 1. The molecule has 4 heteroatoms. The van der Waals surface area contributed by atoms with Gasteiger partial charge in [-0.25, -0.2) is 0 Å². The predicted molar refractivity (Wildman–Crippen MR) is 61.3 cm³/mol. The zero-order chi connectivity index (χ0) is 11.6. The van der Waals surface area contributed by atoms with Crippen LogP contribution in [0, 0.1) is 5.41 Å². The molecule has 2 saturated heterocycles. The largest absolute Gasteiger partial charge is 0.396 e. The molecule has 1 unspecified atom stereocenters. The quantitative estimate of drug-likeness (QED) is 0.727. The van der Waals surface area contributed by atoms with Crippen LogP contribution in [0.2, 0.25) is 0 Å². The first-order valence-electron chi connectivity index (χ1n) is 6.19. The standard InChI is InChI=1S/C12H23NO3/c1-11(15)2-5-13(6-3-11)8-12(9-14)4-7-16-10-12/h14-15H,2-10H2,1H3. The highest BCUT2D eigenvalue weighted by atomic mass is 16.5. The lowest BCUT2D eigenvalue weighted by Crippen LogP contribution is -2.48. The number of aliphatic hydroxyl groups excluding tert-OH is 1. The molecule has 2 aliphatic rings. The van der Waals surface area contributed by atoms with Gasteiger partial charge in [0.15, 0.2) is 0 Å². The van der Waals surface area contributed by atoms with Crippen molar-refractivity contribution in [3.8, 4) is 0 Å². The molecule has 0 aromatic carbocycles. The van der Waals surface area contributed by atoms with Crippen molar-refractivity contribution in [2.75, 3.05) is 39.5 Å². The summed E-state index contributed by atoms with van der Waals surface area (Å²) < 4.78 is 5.40. The summed E-state index contributed by atoms with van der Waals surface area (Å²) in [6.07, 6.45) is 2.61. The molecule has 0 aromatic heterocycles. The Labute approximate surface area is 97.2 Å². The van der Waals surface area contributed by atoms with E-state index in [1.807, 2.05) is 6.92 Å². The number of rotatable bonds is 3. The van der Waals surface area contributed by atoms with Crippen LogP contribution in [-0.2, 0) is 4.74 Å². The third-order valence-corrected chi connectivity index (χ3v) is 4.01. The van der Waals surface area contributed by atoms with Gasteiger partial charge in [0.2, 0.25) is 0 Å². The van der Waals surface area contributed by atoms with Crippen molar-refractivity contribution >= 4 is 0 Å². The van der Waals surface area contributed by atoms with Crippen LogP contribution >= 0.6 is 0 Å². The smallest absolute Gasteiger partial charge is 0.0644 e. The molecule has 0 saturated carbocycles. The van der Waals surface area contributed by atoms with Gasteiger partial charge >= 0.3 is 0 Å². The van der Waals surface area contributed by atoms with Gasteiger partial charge in [-0.3, -0.25) is 0 Å². The van der Waals surface area contributed by atoms with E-state index in [4.69, 9.17) is 4.74 Å². The van der Waals surface area contributed by atoms with Gasteiger partial charge in [0.25, 0.3) is 0 Å². The normalized spacial score (nSPS) is 35.4. The first-order valence-corrected chi connectivity index (χ1v) is 6.19. The predicted octanol–water partition coefficient (Wildman–Crippen LogP) is 0.232. The Balaban J connectivity index is 1.86. The van der Waals surface area contributed by atoms with Crippen LogP contribution in [0.15, 0.2) is 0 Å². The van der Waals surface area contributed by atoms with Crippen molar-refractivity contribution < 1.29 is 14.9 Å². The number of piperidine rings is 1. The summed E-state index contributed by atoms with van der Waals surface area (Å²) >= 11 is 0. The Morgan fingerprint density at radius 2 is 1.94 bits per heavy atom. The maximum Gasteiger partial charge on any atom is 0.0644 e. The average molecular weight is 229 g/mol. The fourth-order valence-corrected chi connectivity index (χ4v) is 2.62. The number of aliphatic hydroxyl groups is 2. The molecule has 0 aliphatic carbocycles. The van der Waals surface area contributed by atoms with Gasteiger partial charge in [0, 0.05) is 31.7 Å². The van der Waals surface area contributed by atoms with Crippen molar-refractivity contribution in [2.24, 2.45) is 5.41 Å². The van der Waals surface area contributed by atoms with Crippen molar-refractivity contribution in [1.82, 2.24) is 4.90 Å². The highest BCUT2D eigenvalue weighted by Crippen LogP contribution is 2.31. The monoisotopic (exact) mass is 229 g/mol. The molecular formula is C12H23NO3. The van der Waals surface area contributed by atoms with E-state index >= 15 is 0 Å². The van der Waals surface area contributed by atoms with E-state index in [1.165, 1.54) is 0 Å². The van der Waals surface area contributed by atoms with Crippen LogP contribution in [0.1, 0.15) is 26.2 Å². The summed E-state index contributed by atoms with van der Waals surface area (Å²) in [6.45, 7) is 6.32. The molecule has 1 atom stereocenters. The third kappa shape index (κ3) is 2.74. The molecule has 2 aliphatic heterocycles. The average Bonchev–Trinajstić information content (AvgIpc) is 2.71. The van der Waals surface area contributed by atoms with Crippen LogP contribution in [-0.4, -0.2) is 60.2 Å². The van der Waals surface area contributed by atoms with Gasteiger partial charge in [0.1, 0.15) is 0 Å². The molecule has 2 N–H and O–H groups in total. The van der Waals surface area contributed by atoms with E-state index in [9.17, 15) is 10.2 Å². The Bertz CT molecular complexity index is 226. The Kier molecular flexibility index (Phi) is 3.54. The molecule has 0 amide bonds. The summed E-state index contributed by atoms with van der Waals surface area (Å²) in [4.78, 5) is 2.35. The van der Waals surface area contributed by atoms with Crippen LogP contribution in [0.25, 0.3) is 0 Å². The molecule has 0 bridgehead atoms. The first kappa shape index (κ1) is 12.3. The lowest BCUT2D eigenvalue weighted by atomic mass is 9.86. The first-order chi connectivity index (χ1) is 7.55. The van der Waals surface area contributed by atoms with E-state index in [0.717, 1.165) is 45.5 Å². The summed E-state index contributed by atoms with van der Waals surface area (Å²) in [6, 6.07) is 0. The summed E-state index contributed by atoms with van der Waals surface area (Å²) in [5.41, 5.74) is -0.543. The Hall–Kier alpha value is -0.160. The molecule has 2 heterocycles. The van der Waals surface area contributed by atoms with E-state index in [-0.39, 0.29) is 12.0 Å². The fraction of sp³-hybridized carbons (Fsp3) is 1.00. The van der Waals surface area contributed by atoms with E-state index in [2.05, 4.69) is 4.90 Å². The zero-order valence-electron chi connectivity index (χ0n) is 10.1. The molecule has 2 fully saturated rings. The van der Waals surface area contributed by atoms with E-state index in [0.29, 0.717) is 6.61 Å². The van der Waals surface area contributed by atoms with Crippen molar-refractivity contribution in [3.05, 3.63) is 0 Å². The van der Waals surface area contributed by atoms with Gasteiger partial charge in [-0.1, -0.05) is 0 Å². The minimum atomic E-state index is -0.491. The summed E-state index contributed by atoms with van der Waals surface area (Å²) in [7, 11) is 0. The van der Waals surface area contributed by atoms with Crippen molar-refractivity contribution in [3.63, 3.8) is 0 Å². The van der Waals surface area contributed by atoms with Gasteiger partial charge in [-0.05, 0) is 26.2 Å². The molecule has 4 nitrogen and oxygen atoms in total. The Morgan fingerprint density at radius 3 is 2.44 bits per heavy atom. The molecule has 0 spiro atoms. The number of nitrogens with zero attached hydrogens (tertiary/aromatic N) is 1. The minimum absolute atomic E-state index is 0.0524. The number of hydrogen-bond acceptors (Lipinski definition) is 4. The van der Waals surface area contributed by atoms with E-state index in [1.54, 1.807) is 0 Å². The highest BCUT2D eigenvalue weighted by Gasteiger charge is 2.38. The summed E-state index contributed by atoms with van der Waals surface area (Å²) in [5, 5.41) is 19.4. The second-order valence-corrected chi connectivity index (χ2v) is 5.73. The fourth-order valence-electron chi connectivity index (χ4n) is 2.62. The van der Waals surface area contributed by atoms with E-state index < -0.39 is 5.60 Å². The SMILES string of the molecule is CC1(O)CCN(CC2(CO)CCOC2)CC1. The molecule has 16 heavy (non-hydrogen) atoms. The maximum absolute atomic E-state index is 9.87. The highest BCUT2D eigenvalue weighted by molar-refractivity contribution is 4.89. The zero-order valence-corrected chi connectivity index (χ0v) is 10.1. The lowest BCUT2D eigenvalue weighted by Gasteiger charge is -2.39. The molecular weight excluding hydrogens is 206 g/mol. The van der Waals surface area contributed by atoms with Crippen LogP contribution in [0.3, 0.4) is 0 Å². The molecule has 2 rings (SSSR count). The molecule has 0 radical (unpaired) electrons. The van der Waals surface area contributed by atoms with Crippen molar-refractivity contribution in [1.29, 1.82) is 0 Å². The second-order valence-electron chi connectivity index (χ2n) is 5.73. The van der Waals surface area contributed by atoms with Gasteiger partial charge < -0.3 is 19.8 Å². The third-order valence-electron chi connectivity index (χ3n) is 4.01. The Morgan fingerprint density at radius 1 is 1.25 bits per heavy atom. The van der Waals surface area contributed by atoms with Crippen LogP contribution in [0.5, 0.6) is 0 Å². The topological polar surface area (TPSA) is 52.9 Å². The lowest BCUT2D eigenvalue weighted by molar-refractivity contribution is -0.0237. The summed E-state index contributed by atoms with van der Waals surface area (Å²) in [5.74, 6) is 0. The molecule has 0 aromatic rings. The second kappa shape index (κ2) is 4.61. The molecule has 94 valence electrons. The number of hydrogen-bond donors (Lipinski definition) is 2. The van der Waals surface area contributed by atoms with Gasteiger partial charge in [-0.2, -0.15) is 0 Å². The van der Waals surface area contributed by atoms with Gasteiger partial charge in [-0.15, -0.1) is 0 Å². The van der Waals surface area contributed by atoms with Crippen LogP contribution < -0.4 is 0 Å².